The Kier molecular flexibility index (Phi) is 3.84. The fourth-order valence-corrected chi connectivity index (χ4v) is 3.40. The third-order valence-corrected chi connectivity index (χ3v) is 4.60. The molecule has 6 nitrogen and oxygen atoms in total. The van der Waals surface area contributed by atoms with Crippen molar-refractivity contribution >= 4 is 15.8 Å². The SMILES string of the molecule is Nc1cc(S(=O)(=O)NC2CCC(O)CC2)ccn1. The van der Waals surface area contributed by atoms with Gasteiger partial charge in [-0.1, -0.05) is 0 Å². The van der Waals surface area contributed by atoms with Crippen LogP contribution in [0.5, 0.6) is 0 Å². The number of aliphatic hydroxyl groups is 1. The summed E-state index contributed by atoms with van der Waals surface area (Å²) in [5.41, 5.74) is 5.47. The highest BCUT2D eigenvalue weighted by Gasteiger charge is 2.24. The van der Waals surface area contributed by atoms with Gasteiger partial charge in [0.15, 0.2) is 0 Å². The van der Waals surface area contributed by atoms with Gasteiger partial charge in [0.2, 0.25) is 10.0 Å². The molecule has 4 N–H and O–H groups in total. The number of aromatic nitrogens is 1. The molecule has 0 radical (unpaired) electrons. The first-order valence-corrected chi connectivity index (χ1v) is 7.37. The van der Waals surface area contributed by atoms with E-state index in [2.05, 4.69) is 9.71 Å². The fourth-order valence-electron chi connectivity index (χ4n) is 2.08. The Labute approximate surface area is 106 Å². The van der Waals surface area contributed by atoms with Crippen molar-refractivity contribution in [3.8, 4) is 0 Å². The van der Waals surface area contributed by atoms with E-state index < -0.39 is 10.0 Å². The van der Waals surface area contributed by atoms with E-state index in [9.17, 15) is 13.5 Å². The average Bonchev–Trinajstić information content (AvgIpc) is 2.32. The van der Waals surface area contributed by atoms with Gasteiger partial charge >= 0.3 is 0 Å². The zero-order valence-corrected chi connectivity index (χ0v) is 10.7. The van der Waals surface area contributed by atoms with Crippen molar-refractivity contribution < 1.29 is 13.5 Å². The van der Waals surface area contributed by atoms with Gasteiger partial charge in [-0.15, -0.1) is 0 Å². The number of hydrogen-bond donors (Lipinski definition) is 3. The molecule has 1 aromatic heterocycles. The number of nitrogens with zero attached hydrogens (tertiary/aromatic N) is 1. The largest absolute Gasteiger partial charge is 0.393 e. The van der Waals surface area contributed by atoms with E-state index in [4.69, 9.17) is 5.73 Å². The molecule has 0 aliphatic heterocycles. The molecule has 0 saturated heterocycles. The van der Waals surface area contributed by atoms with Crippen molar-refractivity contribution in [1.29, 1.82) is 0 Å². The first kappa shape index (κ1) is 13.3. The molecule has 18 heavy (non-hydrogen) atoms. The van der Waals surface area contributed by atoms with E-state index in [1.54, 1.807) is 0 Å². The maximum absolute atomic E-state index is 12.1. The van der Waals surface area contributed by atoms with Crippen molar-refractivity contribution in [2.75, 3.05) is 5.73 Å². The second-order valence-corrected chi connectivity index (χ2v) is 6.26. The predicted octanol–water partition coefficient (Wildman–Crippen LogP) is 0.246. The van der Waals surface area contributed by atoms with Crippen molar-refractivity contribution in [3.05, 3.63) is 18.3 Å². The van der Waals surface area contributed by atoms with Crippen LogP contribution in [0.1, 0.15) is 25.7 Å². The summed E-state index contributed by atoms with van der Waals surface area (Å²) in [4.78, 5) is 3.89. The van der Waals surface area contributed by atoms with E-state index in [0.717, 1.165) is 0 Å². The minimum atomic E-state index is -3.55. The first-order valence-electron chi connectivity index (χ1n) is 5.89. The van der Waals surface area contributed by atoms with Crippen LogP contribution in [0.4, 0.5) is 5.82 Å². The summed E-state index contributed by atoms with van der Waals surface area (Å²) in [7, 11) is -3.55. The highest BCUT2D eigenvalue weighted by atomic mass is 32.2. The predicted molar refractivity (Wildman–Crippen MR) is 67.2 cm³/mol. The molecule has 1 aliphatic rings. The quantitative estimate of drug-likeness (QED) is 0.730. The lowest BCUT2D eigenvalue weighted by Gasteiger charge is -2.25. The van der Waals surface area contributed by atoms with Crippen LogP contribution < -0.4 is 10.5 Å². The lowest BCUT2D eigenvalue weighted by Crippen LogP contribution is -2.38. The minimum absolute atomic E-state index is 0.118. The molecule has 2 rings (SSSR count). The molecule has 100 valence electrons. The number of anilines is 1. The van der Waals surface area contributed by atoms with Crippen LogP contribution in [0.3, 0.4) is 0 Å². The van der Waals surface area contributed by atoms with Gasteiger partial charge in [-0.2, -0.15) is 0 Å². The Hall–Kier alpha value is -1.18. The van der Waals surface area contributed by atoms with Gasteiger partial charge < -0.3 is 10.8 Å². The number of rotatable bonds is 3. The summed E-state index contributed by atoms with van der Waals surface area (Å²) in [6.45, 7) is 0. The molecule has 0 aromatic carbocycles. The van der Waals surface area contributed by atoms with Crippen LogP contribution in [0.2, 0.25) is 0 Å². The van der Waals surface area contributed by atoms with E-state index in [1.807, 2.05) is 0 Å². The molecule has 0 amide bonds. The van der Waals surface area contributed by atoms with Gasteiger partial charge in [0.1, 0.15) is 5.82 Å². The molecule has 0 atom stereocenters. The molecular weight excluding hydrogens is 254 g/mol. The lowest BCUT2D eigenvalue weighted by molar-refractivity contribution is 0.120. The number of aliphatic hydroxyl groups excluding tert-OH is 1. The van der Waals surface area contributed by atoms with Crippen molar-refractivity contribution in [2.45, 2.75) is 42.7 Å². The van der Waals surface area contributed by atoms with E-state index in [0.29, 0.717) is 25.7 Å². The lowest BCUT2D eigenvalue weighted by atomic mass is 9.94. The van der Waals surface area contributed by atoms with Crippen LogP contribution in [0.15, 0.2) is 23.2 Å². The highest BCUT2D eigenvalue weighted by molar-refractivity contribution is 7.89. The van der Waals surface area contributed by atoms with E-state index in [1.165, 1.54) is 18.3 Å². The zero-order chi connectivity index (χ0) is 13.2. The molecule has 1 saturated carbocycles. The number of nitrogen functional groups attached to an aromatic ring is 1. The van der Waals surface area contributed by atoms with Crippen LogP contribution in [0.25, 0.3) is 0 Å². The number of pyridine rings is 1. The third-order valence-electron chi connectivity index (χ3n) is 3.08. The average molecular weight is 271 g/mol. The molecular formula is C11H17N3O3S. The van der Waals surface area contributed by atoms with E-state index >= 15 is 0 Å². The van der Waals surface area contributed by atoms with Gasteiger partial charge in [-0.3, -0.25) is 0 Å². The normalized spacial score (nSPS) is 24.9. The molecule has 0 unspecified atom stereocenters. The summed E-state index contributed by atoms with van der Waals surface area (Å²) in [5.74, 6) is 0.178. The topological polar surface area (TPSA) is 105 Å². The Morgan fingerprint density at radius 2 is 2.00 bits per heavy atom. The molecule has 1 aliphatic carbocycles. The number of nitrogens with one attached hydrogen (secondary N) is 1. The van der Waals surface area contributed by atoms with Gasteiger partial charge in [0.25, 0.3) is 0 Å². The second-order valence-electron chi connectivity index (χ2n) is 4.54. The number of sulfonamides is 1. The van der Waals surface area contributed by atoms with Gasteiger partial charge in [0, 0.05) is 18.3 Å². The van der Waals surface area contributed by atoms with Crippen LogP contribution in [0, 0.1) is 0 Å². The van der Waals surface area contributed by atoms with Crippen LogP contribution in [-0.2, 0) is 10.0 Å². The molecule has 0 spiro atoms. The van der Waals surface area contributed by atoms with Crippen molar-refractivity contribution in [3.63, 3.8) is 0 Å². The summed E-state index contributed by atoms with van der Waals surface area (Å²) in [5, 5.41) is 9.38. The Morgan fingerprint density at radius 1 is 1.33 bits per heavy atom. The van der Waals surface area contributed by atoms with E-state index in [-0.39, 0.29) is 22.9 Å². The van der Waals surface area contributed by atoms with Gasteiger partial charge in [-0.25, -0.2) is 18.1 Å². The second kappa shape index (κ2) is 5.21. The van der Waals surface area contributed by atoms with Crippen LogP contribution >= 0.6 is 0 Å². The zero-order valence-electron chi connectivity index (χ0n) is 9.91. The van der Waals surface area contributed by atoms with Crippen molar-refractivity contribution in [2.24, 2.45) is 0 Å². The summed E-state index contributed by atoms with van der Waals surface area (Å²) in [6.07, 6.45) is 3.63. The van der Waals surface area contributed by atoms with Crippen LogP contribution in [-0.4, -0.2) is 30.7 Å². The summed E-state index contributed by atoms with van der Waals surface area (Å²) in [6, 6.07) is 2.63. The third kappa shape index (κ3) is 3.18. The highest BCUT2D eigenvalue weighted by Crippen LogP contribution is 2.20. The Bertz CT molecular complexity index is 510. The minimum Gasteiger partial charge on any atom is -0.393 e. The smallest absolute Gasteiger partial charge is 0.241 e. The van der Waals surface area contributed by atoms with Gasteiger partial charge in [0.05, 0.1) is 11.0 Å². The monoisotopic (exact) mass is 271 g/mol. The molecule has 1 fully saturated rings. The molecule has 0 bridgehead atoms. The number of hydrogen-bond acceptors (Lipinski definition) is 5. The summed E-state index contributed by atoms with van der Waals surface area (Å²) >= 11 is 0. The number of nitrogens with two attached hydrogens (primary N) is 1. The summed E-state index contributed by atoms with van der Waals surface area (Å²) < 4.78 is 26.8. The standard InChI is InChI=1S/C11H17N3O3S/c12-11-7-10(5-6-13-11)18(16,17)14-8-1-3-9(15)4-2-8/h5-9,14-15H,1-4H2,(H2,12,13). The first-order chi connectivity index (χ1) is 8.47. The molecule has 1 heterocycles. The molecule has 7 heteroatoms. The maximum Gasteiger partial charge on any atom is 0.241 e. The molecule has 1 aromatic rings. The maximum atomic E-state index is 12.1. The van der Waals surface area contributed by atoms with Crippen molar-refractivity contribution in [1.82, 2.24) is 9.71 Å². The Morgan fingerprint density at radius 3 is 2.61 bits per heavy atom. The Balaban J connectivity index is 2.08. The fraction of sp³-hybridized carbons (Fsp3) is 0.545. The van der Waals surface area contributed by atoms with Gasteiger partial charge in [-0.05, 0) is 31.7 Å².